The average molecular weight is 412 g/mol. The van der Waals surface area contributed by atoms with Gasteiger partial charge in [-0.3, -0.25) is 0 Å². The summed E-state index contributed by atoms with van der Waals surface area (Å²) in [4.78, 5) is 51.1. The van der Waals surface area contributed by atoms with Gasteiger partial charge in [-0.15, -0.1) is 0 Å². The van der Waals surface area contributed by atoms with Crippen molar-refractivity contribution in [1.29, 1.82) is 0 Å². The molecule has 0 atom stereocenters. The molecule has 0 unspecified atom stereocenters. The average Bonchev–Trinajstić information content (AvgIpc) is 1.54. The molecule has 0 aromatic heterocycles. The molecule has 0 aliphatic carbocycles. The van der Waals surface area contributed by atoms with Gasteiger partial charge < -0.3 is 42.2 Å². The number of rotatable bonds is 0. The summed E-state index contributed by atoms with van der Waals surface area (Å²) < 4.78 is 25.6. The zero-order valence-corrected chi connectivity index (χ0v) is 11.5. The van der Waals surface area contributed by atoms with Crippen molar-refractivity contribution in [1.82, 2.24) is 0 Å². The third kappa shape index (κ3) is 4940. The Morgan fingerprint density at radius 2 is 0.538 bits per heavy atom. The fourth-order valence-electron chi connectivity index (χ4n) is 0. The molecule has 0 spiro atoms. The summed E-state index contributed by atoms with van der Waals surface area (Å²) in [5, 5.41) is 0. The van der Waals surface area contributed by atoms with Gasteiger partial charge in [-0.2, -0.15) is 0 Å². The number of hydrogen-bond donors (Lipinski definition) is 0. The standard InChI is InChI=1S/3O3Si.W/c3*1-4(2)3;/q3*-2;+6. The predicted octanol–water partition coefficient (Wildman–Crippen LogP) is -8.64. The van der Waals surface area contributed by atoms with Crippen molar-refractivity contribution in [2.24, 2.45) is 0 Å². The van der Waals surface area contributed by atoms with Crippen LogP contribution in [0.15, 0.2) is 0 Å². The van der Waals surface area contributed by atoms with Gasteiger partial charge in [0.1, 0.15) is 0 Å². The van der Waals surface area contributed by atoms with Gasteiger partial charge in [-0.25, -0.2) is 0 Å². The molecule has 72 valence electrons. The Hall–Kier alpha value is -0.461. The Bertz CT molecular complexity index is 112. The molecule has 0 fully saturated rings. The minimum absolute atomic E-state index is 0. The molecule has 9 nitrogen and oxygen atoms in total. The van der Waals surface area contributed by atoms with Gasteiger partial charge in [0.15, 0.2) is 0 Å². The van der Waals surface area contributed by atoms with E-state index in [9.17, 15) is 0 Å². The van der Waals surface area contributed by atoms with E-state index in [2.05, 4.69) is 0 Å². The van der Waals surface area contributed by atoms with Crippen molar-refractivity contribution < 1.29 is 63.2 Å². The first kappa shape index (κ1) is 22.9. The first-order chi connectivity index (χ1) is 5.20. The summed E-state index contributed by atoms with van der Waals surface area (Å²) in [5.41, 5.74) is 0. The molecule has 0 aromatic rings. The third-order valence-corrected chi connectivity index (χ3v) is 0. The van der Waals surface area contributed by atoms with Crippen LogP contribution in [0.2, 0.25) is 0 Å². The first-order valence-electron chi connectivity index (χ1n) is 1.84. The second-order valence-electron chi connectivity index (χ2n) is 0.750. The Kier molecular flexibility index (Phi) is 31.0. The summed E-state index contributed by atoms with van der Waals surface area (Å²) in [6.45, 7) is 0. The molecule has 13 heteroatoms. The third-order valence-electron chi connectivity index (χ3n) is 0. The predicted molar refractivity (Wildman–Crippen MR) is 19.3 cm³/mol. The topological polar surface area (TPSA) is 190 Å². The Morgan fingerprint density at radius 3 is 0.538 bits per heavy atom. The molecule has 0 bridgehead atoms. The van der Waals surface area contributed by atoms with Crippen molar-refractivity contribution in [3.63, 3.8) is 0 Å². The van der Waals surface area contributed by atoms with Crippen molar-refractivity contribution >= 4 is 27.5 Å². The molecular weight excluding hydrogens is 412 g/mol. The van der Waals surface area contributed by atoms with E-state index >= 15 is 0 Å². The van der Waals surface area contributed by atoms with Crippen LogP contribution in [0.1, 0.15) is 0 Å². The first-order valence-corrected chi connectivity index (χ1v) is 5.51. The minimum atomic E-state index is -3.63. The van der Waals surface area contributed by atoms with E-state index in [4.69, 9.17) is 42.2 Å². The Morgan fingerprint density at radius 1 is 0.538 bits per heavy atom. The molecule has 0 amide bonds. The molecular formula is O9Si3W. The summed E-state index contributed by atoms with van der Waals surface area (Å²) in [6, 6.07) is 0. The van der Waals surface area contributed by atoms with Crippen LogP contribution in [0.3, 0.4) is 0 Å². The Balaban J connectivity index is -0.0000000450. The monoisotopic (exact) mass is 412 g/mol. The molecule has 0 N–H and O–H groups in total. The quantitative estimate of drug-likeness (QED) is 0.348. The zero-order chi connectivity index (χ0) is 10.7. The van der Waals surface area contributed by atoms with E-state index < -0.39 is 27.5 Å². The van der Waals surface area contributed by atoms with E-state index in [0.29, 0.717) is 0 Å². The smallest absolute Gasteiger partial charge is 0.672 e. The van der Waals surface area contributed by atoms with E-state index in [1.54, 1.807) is 0 Å². The molecule has 0 aromatic carbocycles. The molecule has 0 aliphatic heterocycles. The van der Waals surface area contributed by atoms with Crippen LogP contribution < -0.4 is 28.8 Å². The molecule has 0 saturated carbocycles. The van der Waals surface area contributed by atoms with Crippen molar-refractivity contribution in [3.8, 4) is 0 Å². The van der Waals surface area contributed by atoms with E-state index in [1.165, 1.54) is 0 Å². The minimum Gasteiger partial charge on any atom is -0.672 e. The van der Waals surface area contributed by atoms with Crippen LogP contribution in [-0.4, -0.2) is 27.5 Å². The summed E-state index contributed by atoms with van der Waals surface area (Å²) in [6.07, 6.45) is 0. The van der Waals surface area contributed by atoms with E-state index in [-0.39, 0.29) is 21.1 Å². The van der Waals surface area contributed by atoms with Crippen molar-refractivity contribution in [2.75, 3.05) is 0 Å². The largest absolute Gasteiger partial charge is 6.00 e. The van der Waals surface area contributed by atoms with Crippen LogP contribution in [-0.2, 0) is 34.5 Å². The van der Waals surface area contributed by atoms with Crippen molar-refractivity contribution in [3.05, 3.63) is 0 Å². The van der Waals surface area contributed by atoms with Crippen LogP contribution >= 0.6 is 0 Å². The van der Waals surface area contributed by atoms with Gasteiger partial charge >= 0.3 is 21.1 Å². The van der Waals surface area contributed by atoms with Gasteiger partial charge in [0.25, 0.3) is 0 Å². The fourth-order valence-corrected chi connectivity index (χ4v) is 0. The summed E-state index contributed by atoms with van der Waals surface area (Å²) in [7, 11) is -10.9. The van der Waals surface area contributed by atoms with Gasteiger partial charge in [0, 0.05) is 27.5 Å². The van der Waals surface area contributed by atoms with Crippen LogP contribution in [0.5, 0.6) is 0 Å². The maximum Gasteiger partial charge on any atom is 6.00 e. The SMILES string of the molecule is O=[Si]([O-])[O-].O=[Si]([O-])[O-].O=[Si]([O-])[O-].[W+6]. The Labute approximate surface area is 90.9 Å². The molecule has 0 heterocycles. The maximum absolute atomic E-state index is 8.52. The number of hydrogen-bond acceptors (Lipinski definition) is 9. The summed E-state index contributed by atoms with van der Waals surface area (Å²) >= 11 is 0. The molecule has 0 radical (unpaired) electrons. The van der Waals surface area contributed by atoms with Crippen LogP contribution in [0.25, 0.3) is 0 Å². The van der Waals surface area contributed by atoms with Gasteiger partial charge in [0.05, 0.1) is 0 Å². The molecule has 13 heavy (non-hydrogen) atoms. The van der Waals surface area contributed by atoms with Crippen molar-refractivity contribution in [2.45, 2.75) is 0 Å². The van der Waals surface area contributed by atoms with Gasteiger partial charge in [0.2, 0.25) is 0 Å². The zero-order valence-electron chi connectivity index (χ0n) is 5.58. The fraction of sp³-hybridized carbons (Fsp3) is 0. The van der Waals surface area contributed by atoms with Gasteiger partial charge in [-0.1, -0.05) is 0 Å². The second kappa shape index (κ2) is 17.6. The molecule has 0 rings (SSSR count). The van der Waals surface area contributed by atoms with Crippen LogP contribution in [0.4, 0.5) is 0 Å². The molecule has 0 aliphatic rings. The second-order valence-corrected chi connectivity index (χ2v) is 2.25. The van der Waals surface area contributed by atoms with Crippen LogP contribution in [0, 0.1) is 0 Å². The summed E-state index contributed by atoms with van der Waals surface area (Å²) in [5.74, 6) is 0. The normalized spacial score (nSPS) is 5.54. The molecule has 0 saturated heterocycles. The van der Waals surface area contributed by atoms with E-state index in [0.717, 1.165) is 0 Å². The van der Waals surface area contributed by atoms with E-state index in [1.807, 2.05) is 0 Å². The van der Waals surface area contributed by atoms with Gasteiger partial charge in [-0.05, 0) is 0 Å². The maximum atomic E-state index is 8.52.